The summed E-state index contributed by atoms with van der Waals surface area (Å²) in [6.07, 6.45) is 2.40. The van der Waals surface area contributed by atoms with Crippen LogP contribution in [-0.2, 0) is 22.4 Å². The first kappa shape index (κ1) is 16.7. The van der Waals surface area contributed by atoms with Gasteiger partial charge in [0, 0.05) is 11.1 Å². The number of hydrogen-bond acceptors (Lipinski definition) is 4. The molecule has 1 unspecified atom stereocenters. The summed E-state index contributed by atoms with van der Waals surface area (Å²) < 4.78 is 7.21. The number of aryl methyl sites for hydroxylation is 1. The zero-order chi connectivity index (χ0) is 19.1. The second kappa shape index (κ2) is 6.64. The van der Waals surface area contributed by atoms with E-state index in [9.17, 15) is 9.59 Å². The highest BCUT2D eigenvalue weighted by molar-refractivity contribution is 5.96. The molecule has 6 heteroatoms. The van der Waals surface area contributed by atoms with E-state index in [2.05, 4.69) is 5.32 Å². The number of ether oxygens (including phenoxy) is 1. The lowest BCUT2D eigenvalue weighted by molar-refractivity contribution is -0.118. The fraction of sp³-hybridized carbons (Fsp3) is 0.227. The Hall–Kier alpha value is -3.41. The second-order valence-corrected chi connectivity index (χ2v) is 7.11. The molecule has 1 aromatic heterocycles. The van der Waals surface area contributed by atoms with E-state index >= 15 is 0 Å². The number of amides is 1. The van der Waals surface area contributed by atoms with Crippen molar-refractivity contribution in [3.63, 3.8) is 0 Å². The van der Waals surface area contributed by atoms with Gasteiger partial charge in [-0.1, -0.05) is 36.4 Å². The average molecular weight is 373 g/mol. The lowest BCUT2D eigenvalue weighted by atomic mass is 10.0. The number of hydrogen-bond donors (Lipinski definition) is 1. The number of esters is 1. The molecule has 0 saturated heterocycles. The van der Waals surface area contributed by atoms with E-state index in [1.54, 1.807) is 16.8 Å². The number of rotatable bonds is 4. The van der Waals surface area contributed by atoms with E-state index in [-0.39, 0.29) is 18.3 Å². The van der Waals surface area contributed by atoms with Crippen molar-refractivity contribution in [3.05, 3.63) is 77.0 Å². The van der Waals surface area contributed by atoms with Crippen molar-refractivity contribution in [1.29, 1.82) is 0 Å². The number of carbonyl (C=O) groups excluding carboxylic acids is 2. The normalized spacial score (nSPS) is 17.1. The maximum Gasteiger partial charge on any atom is 0.339 e. The lowest BCUT2D eigenvalue weighted by Crippen LogP contribution is -2.19. The molecule has 140 valence electrons. The molecule has 5 rings (SSSR count). The summed E-state index contributed by atoms with van der Waals surface area (Å²) in [6.45, 7) is 0. The molecule has 0 fully saturated rings. The first-order chi connectivity index (χ1) is 13.7. The van der Waals surface area contributed by atoms with E-state index in [1.807, 2.05) is 42.5 Å². The van der Waals surface area contributed by atoms with E-state index in [0.29, 0.717) is 5.56 Å². The predicted octanol–water partition coefficient (Wildman–Crippen LogP) is 3.60. The molecule has 0 saturated carbocycles. The van der Waals surface area contributed by atoms with Crippen molar-refractivity contribution in [2.45, 2.75) is 31.8 Å². The van der Waals surface area contributed by atoms with Crippen molar-refractivity contribution in [1.82, 2.24) is 9.78 Å². The number of para-hydroxylation sites is 1. The number of aromatic nitrogens is 2. The Morgan fingerprint density at radius 2 is 1.89 bits per heavy atom. The summed E-state index contributed by atoms with van der Waals surface area (Å²) in [6, 6.07) is 17.0. The molecule has 0 radical (unpaired) electrons. The summed E-state index contributed by atoms with van der Waals surface area (Å²) in [5, 5.41) is 7.74. The van der Waals surface area contributed by atoms with Gasteiger partial charge in [-0.05, 0) is 37.5 Å². The summed E-state index contributed by atoms with van der Waals surface area (Å²) in [4.78, 5) is 24.8. The van der Waals surface area contributed by atoms with Gasteiger partial charge in [0.25, 0.3) is 0 Å². The Kier molecular flexibility index (Phi) is 3.97. The molecule has 1 aliphatic carbocycles. The minimum absolute atomic E-state index is 0.0808. The molecule has 1 atom stereocenters. The van der Waals surface area contributed by atoms with Crippen LogP contribution >= 0.6 is 0 Å². The van der Waals surface area contributed by atoms with Gasteiger partial charge in [0.2, 0.25) is 5.91 Å². The van der Waals surface area contributed by atoms with Crippen LogP contribution in [0.2, 0.25) is 0 Å². The number of nitrogens with zero attached hydrogens (tertiary/aromatic N) is 2. The van der Waals surface area contributed by atoms with Crippen molar-refractivity contribution in [2.75, 3.05) is 5.32 Å². The predicted molar refractivity (Wildman–Crippen MR) is 103 cm³/mol. The van der Waals surface area contributed by atoms with Gasteiger partial charge in [-0.2, -0.15) is 5.10 Å². The van der Waals surface area contributed by atoms with Crippen LogP contribution in [0.3, 0.4) is 0 Å². The van der Waals surface area contributed by atoms with E-state index < -0.39 is 6.10 Å². The molecule has 2 aliphatic rings. The maximum absolute atomic E-state index is 12.8. The van der Waals surface area contributed by atoms with Gasteiger partial charge in [-0.25, -0.2) is 9.48 Å². The van der Waals surface area contributed by atoms with Gasteiger partial charge in [0.1, 0.15) is 11.9 Å². The van der Waals surface area contributed by atoms with Crippen molar-refractivity contribution in [2.24, 2.45) is 0 Å². The van der Waals surface area contributed by atoms with Crippen molar-refractivity contribution >= 4 is 17.7 Å². The van der Waals surface area contributed by atoms with Gasteiger partial charge in [-0.3, -0.25) is 4.79 Å². The highest BCUT2D eigenvalue weighted by atomic mass is 16.5. The van der Waals surface area contributed by atoms with Gasteiger partial charge >= 0.3 is 5.97 Å². The Morgan fingerprint density at radius 1 is 1.11 bits per heavy atom. The van der Waals surface area contributed by atoms with Crippen LogP contribution in [0.4, 0.5) is 5.82 Å². The van der Waals surface area contributed by atoms with Crippen molar-refractivity contribution in [3.8, 4) is 5.69 Å². The third kappa shape index (κ3) is 2.78. The molecule has 3 aromatic rings. The Balaban J connectivity index is 1.41. The highest BCUT2D eigenvalue weighted by Crippen LogP contribution is 2.34. The van der Waals surface area contributed by atoms with Crippen molar-refractivity contribution < 1.29 is 14.3 Å². The monoisotopic (exact) mass is 373 g/mol. The minimum Gasteiger partial charge on any atom is -0.453 e. The summed E-state index contributed by atoms with van der Waals surface area (Å²) in [5.74, 6) is 0.159. The van der Waals surface area contributed by atoms with E-state index in [4.69, 9.17) is 9.84 Å². The largest absolute Gasteiger partial charge is 0.453 e. The molecule has 0 bridgehead atoms. The number of cyclic esters (lactones) is 1. The van der Waals surface area contributed by atoms with Gasteiger partial charge in [0.15, 0.2) is 0 Å². The molecule has 2 heterocycles. The SMILES string of the molecule is O=C(CC1OC(=O)c2ccccc21)Nc1c2c(nn1-c1ccccc1)CCC2. The third-order valence-corrected chi connectivity index (χ3v) is 5.31. The molecule has 0 spiro atoms. The van der Waals surface area contributed by atoms with Crippen LogP contribution in [-0.4, -0.2) is 21.7 Å². The zero-order valence-corrected chi connectivity index (χ0v) is 15.2. The maximum atomic E-state index is 12.8. The van der Waals surface area contributed by atoms with Crippen LogP contribution in [0, 0.1) is 0 Å². The minimum atomic E-state index is -0.551. The molecular weight excluding hydrogens is 354 g/mol. The zero-order valence-electron chi connectivity index (χ0n) is 15.2. The quantitative estimate of drug-likeness (QED) is 0.709. The van der Waals surface area contributed by atoms with Crippen LogP contribution < -0.4 is 5.32 Å². The fourth-order valence-corrected chi connectivity index (χ4v) is 4.00. The fourth-order valence-electron chi connectivity index (χ4n) is 4.00. The first-order valence-electron chi connectivity index (χ1n) is 9.46. The number of nitrogens with one attached hydrogen (secondary N) is 1. The Bertz CT molecular complexity index is 1070. The topological polar surface area (TPSA) is 73.2 Å². The number of benzene rings is 2. The van der Waals surface area contributed by atoms with Gasteiger partial charge in [0.05, 0.1) is 23.4 Å². The molecule has 2 aromatic carbocycles. The molecular formula is C22H19N3O3. The second-order valence-electron chi connectivity index (χ2n) is 7.11. The first-order valence-corrected chi connectivity index (χ1v) is 9.46. The van der Waals surface area contributed by atoms with Crippen LogP contribution in [0.15, 0.2) is 54.6 Å². The summed E-state index contributed by atoms with van der Waals surface area (Å²) in [7, 11) is 0. The number of fused-ring (bicyclic) bond motifs is 2. The van der Waals surface area contributed by atoms with Crippen LogP contribution in [0.25, 0.3) is 5.69 Å². The molecule has 1 amide bonds. The van der Waals surface area contributed by atoms with Crippen LogP contribution in [0.5, 0.6) is 0 Å². The Labute approximate surface area is 162 Å². The molecule has 28 heavy (non-hydrogen) atoms. The smallest absolute Gasteiger partial charge is 0.339 e. The lowest BCUT2D eigenvalue weighted by Gasteiger charge is -2.13. The van der Waals surface area contributed by atoms with Crippen LogP contribution in [0.1, 0.15) is 46.1 Å². The average Bonchev–Trinajstić information content (AvgIpc) is 3.38. The van der Waals surface area contributed by atoms with Gasteiger partial charge in [-0.15, -0.1) is 0 Å². The summed E-state index contributed by atoms with van der Waals surface area (Å²) >= 11 is 0. The van der Waals surface area contributed by atoms with Gasteiger partial charge < -0.3 is 10.1 Å². The Morgan fingerprint density at radius 3 is 2.75 bits per heavy atom. The highest BCUT2D eigenvalue weighted by Gasteiger charge is 2.33. The standard InChI is InChI=1S/C22H19N3O3/c26-20(13-19-15-9-4-5-10-16(15)22(27)28-19)23-21-17-11-6-12-18(17)24-25(21)14-7-2-1-3-8-14/h1-5,7-10,19H,6,11-13H2,(H,23,26). The molecule has 6 nitrogen and oxygen atoms in total. The molecule has 1 N–H and O–H groups in total. The third-order valence-electron chi connectivity index (χ3n) is 5.31. The van der Waals surface area contributed by atoms with E-state index in [1.165, 1.54) is 0 Å². The number of carbonyl (C=O) groups is 2. The summed E-state index contributed by atoms with van der Waals surface area (Å²) in [5.41, 5.74) is 4.35. The molecule has 1 aliphatic heterocycles. The number of anilines is 1. The van der Waals surface area contributed by atoms with E-state index in [0.717, 1.165) is 47.6 Å².